The van der Waals surface area contributed by atoms with E-state index >= 15 is 0 Å². The van der Waals surface area contributed by atoms with E-state index in [9.17, 15) is 9.59 Å². The summed E-state index contributed by atoms with van der Waals surface area (Å²) >= 11 is 0. The van der Waals surface area contributed by atoms with Crippen LogP contribution in [0.3, 0.4) is 0 Å². The molecule has 0 bridgehead atoms. The molecule has 0 aliphatic carbocycles. The lowest BCUT2D eigenvalue weighted by atomic mass is 10.2. The first kappa shape index (κ1) is 12.6. The number of rotatable bonds is 3. The smallest absolute Gasteiger partial charge is 0.346 e. The third kappa shape index (κ3) is 2.36. The molecule has 0 spiro atoms. The molecule has 3 heterocycles. The quantitative estimate of drug-likeness (QED) is 0.871. The van der Waals surface area contributed by atoms with Crippen molar-refractivity contribution in [3.63, 3.8) is 0 Å². The summed E-state index contributed by atoms with van der Waals surface area (Å²) < 4.78 is 7.69. The maximum Gasteiger partial charge on any atom is 0.346 e. The second-order valence-corrected chi connectivity index (χ2v) is 4.84. The Morgan fingerprint density at radius 3 is 3.05 bits per heavy atom. The van der Waals surface area contributed by atoms with Gasteiger partial charge in [0.2, 0.25) is 5.91 Å². The standard InChI is InChI=1S/C12H15N5O3/c1-8-6-9(15-20-8)13-11(18)7-17-12(19)16-5-3-2-4-10(16)14-17/h6H,2-5,7H2,1H3,(H,13,15,18). The molecule has 1 N–H and O–H groups in total. The number of aryl methyl sites for hydroxylation is 2. The molecule has 3 rings (SSSR count). The fraction of sp³-hybridized carbons (Fsp3) is 0.500. The monoisotopic (exact) mass is 277 g/mol. The van der Waals surface area contributed by atoms with Crippen LogP contribution in [0.15, 0.2) is 15.4 Å². The molecule has 20 heavy (non-hydrogen) atoms. The number of anilines is 1. The van der Waals surface area contributed by atoms with E-state index in [1.807, 2.05) is 0 Å². The van der Waals surface area contributed by atoms with Gasteiger partial charge in [-0.1, -0.05) is 5.16 Å². The maximum atomic E-state index is 12.1. The largest absolute Gasteiger partial charge is 0.360 e. The first-order valence-electron chi connectivity index (χ1n) is 6.53. The van der Waals surface area contributed by atoms with Crippen LogP contribution in [-0.2, 0) is 24.3 Å². The number of amides is 1. The van der Waals surface area contributed by atoms with Crippen molar-refractivity contribution >= 4 is 11.7 Å². The van der Waals surface area contributed by atoms with Crippen molar-refractivity contribution in [2.24, 2.45) is 0 Å². The summed E-state index contributed by atoms with van der Waals surface area (Å²) in [7, 11) is 0. The lowest BCUT2D eigenvalue weighted by molar-refractivity contribution is -0.117. The summed E-state index contributed by atoms with van der Waals surface area (Å²) in [5.41, 5.74) is -0.230. The minimum absolute atomic E-state index is 0.120. The lowest BCUT2D eigenvalue weighted by Gasteiger charge is -2.09. The molecule has 8 nitrogen and oxygen atoms in total. The molecule has 2 aromatic heterocycles. The summed E-state index contributed by atoms with van der Waals surface area (Å²) in [5.74, 6) is 1.35. The molecule has 2 aromatic rings. The van der Waals surface area contributed by atoms with E-state index in [1.165, 1.54) is 4.68 Å². The van der Waals surface area contributed by atoms with Crippen LogP contribution >= 0.6 is 0 Å². The van der Waals surface area contributed by atoms with Crippen LogP contribution in [0.5, 0.6) is 0 Å². The molecular weight excluding hydrogens is 262 g/mol. The van der Waals surface area contributed by atoms with Crippen molar-refractivity contribution in [2.45, 2.75) is 39.3 Å². The molecule has 106 valence electrons. The average Bonchev–Trinajstić information content (AvgIpc) is 2.95. The van der Waals surface area contributed by atoms with Crippen LogP contribution in [0.25, 0.3) is 0 Å². The molecule has 0 fully saturated rings. The third-order valence-electron chi connectivity index (χ3n) is 3.22. The highest BCUT2D eigenvalue weighted by Gasteiger charge is 2.18. The third-order valence-corrected chi connectivity index (χ3v) is 3.22. The number of hydrogen-bond acceptors (Lipinski definition) is 5. The van der Waals surface area contributed by atoms with Crippen LogP contribution in [0.4, 0.5) is 5.82 Å². The van der Waals surface area contributed by atoms with Gasteiger partial charge < -0.3 is 9.84 Å². The highest BCUT2D eigenvalue weighted by Crippen LogP contribution is 2.10. The zero-order chi connectivity index (χ0) is 14.1. The predicted molar refractivity (Wildman–Crippen MR) is 69.3 cm³/mol. The topological polar surface area (TPSA) is 95.0 Å². The predicted octanol–water partition coefficient (Wildman–Crippen LogP) is 0.316. The molecule has 1 amide bonds. The summed E-state index contributed by atoms with van der Waals surface area (Å²) in [6.45, 7) is 2.29. The summed E-state index contributed by atoms with van der Waals surface area (Å²) in [6, 6.07) is 1.61. The maximum absolute atomic E-state index is 12.1. The van der Waals surface area contributed by atoms with Gasteiger partial charge in [-0.15, -0.1) is 0 Å². The number of aromatic nitrogens is 4. The Bertz CT molecular complexity index is 696. The zero-order valence-electron chi connectivity index (χ0n) is 11.1. The van der Waals surface area contributed by atoms with Gasteiger partial charge >= 0.3 is 5.69 Å². The van der Waals surface area contributed by atoms with Crippen LogP contribution in [0.2, 0.25) is 0 Å². The number of fused-ring (bicyclic) bond motifs is 1. The molecule has 0 radical (unpaired) electrons. The van der Waals surface area contributed by atoms with Crippen LogP contribution in [-0.4, -0.2) is 25.4 Å². The number of carbonyl (C=O) groups excluding carboxylic acids is 1. The van der Waals surface area contributed by atoms with E-state index in [-0.39, 0.29) is 18.1 Å². The first-order chi connectivity index (χ1) is 9.63. The average molecular weight is 277 g/mol. The van der Waals surface area contributed by atoms with E-state index in [4.69, 9.17) is 4.52 Å². The molecule has 1 aliphatic heterocycles. The van der Waals surface area contributed by atoms with Gasteiger partial charge in [-0.25, -0.2) is 9.48 Å². The Morgan fingerprint density at radius 1 is 1.50 bits per heavy atom. The van der Waals surface area contributed by atoms with Crippen molar-refractivity contribution in [1.82, 2.24) is 19.5 Å². The van der Waals surface area contributed by atoms with Gasteiger partial charge in [0.05, 0.1) is 0 Å². The molecule has 0 saturated carbocycles. The van der Waals surface area contributed by atoms with Gasteiger partial charge in [0.25, 0.3) is 0 Å². The number of nitrogens with zero attached hydrogens (tertiary/aromatic N) is 4. The fourth-order valence-electron chi connectivity index (χ4n) is 2.30. The van der Waals surface area contributed by atoms with Gasteiger partial charge in [0.1, 0.15) is 18.1 Å². The molecule has 0 saturated heterocycles. The second kappa shape index (κ2) is 4.95. The Morgan fingerprint density at radius 2 is 2.35 bits per heavy atom. The lowest BCUT2D eigenvalue weighted by Crippen LogP contribution is -2.30. The Labute approximate surface area is 114 Å². The summed E-state index contributed by atoms with van der Waals surface area (Å²) in [4.78, 5) is 23.9. The van der Waals surface area contributed by atoms with Crippen molar-refractivity contribution in [1.29, 1.82) is 0 Å². The summed E-state index contributed by atoms with van der Waals surface area (Å²) in [6.07, 6.45) is 2.79. The molecule has 0 aromatic carbocycles. The minimum Gasteiger partial charge on any atom is -0.360 e. The highest BCUT2D eigenvalue weighted by atomic mass is 16.5. The van der Waals surface area contributed by atoms with Crippen LogP contribution < -0.4 is 11.0 Å². The minimum atomic E-state index is -0.351. The van der Waals surface area contributed by atoms with Crippen molar-refractivity contribution in [3.8, 4) is 0 Å². The molecular formula is C12H15N5O3. The zero-order valence-corrected chi connectivity index (χ0v) is 11.1. The molecule has 0 atom stereocenters. The van der Waals surface area contributed by atoms with E-state index in [0.717, 1.165) is 25.1 Å². The normalized spacial score (nSPS) is 14.1. The Balaban J connectivity index is 1.73. The Hall–Kier alpha value is -2.38. The molecule has 1 aliphatic rings. The second-order valence-electron chi connectivity index (χ2n) is 4.84. The van der Waals surface area contributed by atoms with Gasteiger partial charge in [0, 0.05) is 19.0 Å². The van der Waals surface area contributed by atoms with Crippen molar-refractivity contribution in [2.75, 3.05) is 5.32 Å². The van der Waals surface area contributed by atoms with Crippen molar-refractivity contribution in [3.05, 3.63) is 28.1 Å². The summed E-state index contributed by atoms with van der Waals surface area (Å²) in [5, 5.41) is 10.4. The number of nitrogens with one attached hydrogen (secondary N) is 1. The Kier molecular flexibility index (Phi) is 3.13. The van der Waals surface area contributed by atoms with E-state index < -0.39 is 0 Å². The molecule has 8 heteroatoms. The van der Waals surface area contributed by atoms with Gasteiger partial charge in [-0.3, -0.25) is 9.36 Å². The highest BCUT2D eigenvalue weighted by molar-refractivity contribution is 5.89. The van der Waals surface area contributed by atoms with Crippen LogP contribution in [0, 0.1) is 6.92 Å². The molecule has 0 unspecified atom stereocenters. The van der Waals surface area contributed by atoms with E-state index in [0.29, 0.717) is 18.1 Å². The number of carbonyl (C=O) groups is 1. The van der Waals surface area contributed by atoms with Gasteiger partial charge in [-0.05, 0) is 19.8 Å². The van der Waals surface area contributed by atoms with Gasteiger partial charge in [0.15, 0.2) is 5.82 Å². The van der Waals surface area contributed by atoms with Crippen LogP contribution in [0.1, 0.15) is 24.4 Å². The van der Waals surface area contributed by atoms with Gasteiger partial charge in [-0.2, -0.15) is 5.10 Å². The van der Waals surface area contributed by atoms with Crippen molar-refractivity contribution < 1.29 is 9.32 Å². The fourth-order valence-corrected chi connectivity index (χ4v) is 2.30. The van der Waals surface area contributed by atoms with E-state index in [2.05, 4.69) is 15.6 Å². The number of hydrogen-bond donors (Lipinski definition) is 1. The first-order valence-corrected chi connectivity index (χ1v) is 6.53. The SMILES string of the molecule is Cc1cc(NC(=O)Cn2nc3n(c2=O)CCCC3)no1. The van der Waals surface area contributed by atoms with E-state index in [1.54, 1.807) is 17.6 Å².